The molecule has 0 amide bonds. The Morgan fingerprint density at radius 3 is 2.50 bits per heavy atom. The number of rotatable bonds is 6. The van der Waals surface area contributed by atoms with Gasteiger partial charge >= 0.3 is 0 Å². The maximum atomic E-state index is 11.5. The molecule has 88 valence electrons. The molecule has 0 spiro atoms. The average Bonchev–Trinajstić information content (AvgIpc) is 2.27. The molecular weight excluding hydrogens is 254 g/mol. The molecule has 0 heterocycles. The van der Waals surface area contributed by atoms with Crippen LogP contribution in [0.15, 0.2) is 30.3 Å². The predicted molar refractivity (Wildman–Crippen MR) is 59.5 cm³/mol. The first-order valence-corrected chi connectivity index (χ1v) is 6.49. The zero-order valence-electron chi connectivity index (χ0n) is 8.22. The molecule has 5 nitrogen and oxygen atoms in total. The van der Waals surface area contributed by atoms with E-state index in [0.29, 0.717) is 5.56 Å². The van der Waals surface area contributed by atoms with Gasteiger partial charge in [0.15, 0.2) is 5.78 Å². The summed E-state index contributed by atoms with van der Waals surface area (Å²) in [6, 6.07) is 7.81. The monoisotopic (exact) mass is 263 g/mol. The Kier molecular flexibility index (Phi) is 4.88. The van der Waals surface area contributed by atoms with Crippen LogP contribution in [0.25, 0.3) is 0 Å². The normalized spacial score (nSPS) is 11.3. The molecular formula is C9H10ClNO4S. The highest BCUT2D eigenvalue weighted by Crippen LogP contribution is 2.01. The van der Waals surface area contributed by atoms with Crippen molar-refractivity contribution in [2.24, 2.45) is 0 Å². The van der Waals surface area contributed by atoms with Crippen LogP contribution in [0.5, 0.6) is 0 Å². The standard InChI is InChI=1S/C9H10ClNO4S/c10-7-15-11-16(13,14)6-9(12)8-4-2-1-3-5-8/h1-5,11H,6-7H2. The van der Waals surface area contributed by atoms with E-state index >= 15 is 0 Å². The van der Waals surface area contributed by atoms with Gasteiger partial charge in [-0.25, -0.2) is 8.42 Å². The summed E-state index contributed by atoms with van der Waals surface area (Å²) in [6.07, 6.45) is 0. The second-order valence-electron chi connectivity index (χ2n) is 2.89. The molecule has 0 fully saturated rings. The van der Waals surface area contributed by atoms with Crippen LogP contribution >= 0.6 is 11.6 Å². The van der Waals surface area contributed by atoms with Gasteiger partial charge in [0, 0.05) is 5.56 Å². The Hall–Kier alpha value is -0.950. The number of hydrogen-bond donors (Lipinski definition) is 1. The van der Waals surface area contributed by atoms with Gasteiger partial charge in [0.1, 0.15) is 11.8 Å². The van der Waals surface area contributed by atoms with Crippen LogP contribution in [-0.4, -0.2) is 26.0 Å². The smallest absolute Gasteiger partial charge is 0.241 e. The summed E-state index contributed by atoms with van der Waals surface area (Å²) in [5.41, 5.74) is 0.332. The molecule has 0 bridgehead atoms. The van der Waals surface area contributed by atoms with Crippen LogP contribution in [0.1, 0.15) is 10.4 Å². The van der Waals surface area contributed by atoms with Crippen molar-refractivity contribution in [3.8, 4) is 0 Å². The Bertz CT molecular complexity index is 446. The van der Waals surface area contributed by atoms with Crippen LogP contribution in [0.3, 0.4) is 0 Å². The van der Waals surface area contributed by atoms with Gasteiger partial charge < -0.3 is 0 Å². The average molecular weight is 264 g/mol. The summed E-state index contributed by atoms with van der Waals surface area (Å²) in [6.45, 7) is 0. The number of hydrogen-bond acceptors (Lipinski definition) is 4. The first kappa shape index (κ1) is 13.1. The lowest BCUT2D eigenvalue weighted by atomic mass is 10.2. The summed E-state index contributed by atoms with van der Waals surface area (Å²) in [5.74, 6) is -1.18. The van der Waals surface area contributed by atoms with E-state index in [-0.39, 0.29) is 6.07 Å². The molecule has 0 saturated carbocycles. The van der Waals surface area contributed by atoms with Gasteiger partial charge in [-0.3, -0.25) is 9.63 Å². The van der Waals surface area contributed by atoms with Gasteiger partial charge in [0.25, 0.3) is 0 Å². The van der Waals surface area contributed by atoms with Crippen LogP contribution in [-0.2, 0) is 14.9 Å². The first-order valence-electron chi connectivity index (χ1n) is 4.30. The lowest BCUT2D eigenvalue weighted by Gasteiger charge is -2.04. The number of alkyl halides is 1. The van der Waals surface area contributed by atoms with Gasteiger partial charge in [-0.05, 0) is 0 Å². The van der Waals surface area contributed by atoms with E-state index < -0.39 is 21.6 Å². The summed E-state index contributed by atoms with van der Waals surface area (Å²) in [4.78, 5) is 17.6. The molecule has 1 rings (SSSR count). The highest BCUT2D eigenvalue weighted by atomic mass is 35.5. The Labute approximate surface area is 98.4 Å². The molecule has 1 aromatic carbocycles. The molecule has 0 unspecified atom stereocenters. The number of ketones is 1. The number of carbonyl (C=O) groups excluding carboxylic acids is 1. The number of Topliss-reactive ketones (excluding diaryl/α,β-unsaturated/α-hetero) is 1. The molecule has 0 aliphatic carbocycles. The zero-order valence-corrected chi connectivity index (χ0v) is 9.79. The highest BCUT2D eigenvalue weighted by Gasteiger charge is 2.17. The predicted octanol–water partition coefficient (Wildman–Crippen LogP) is 0.917. The molecule has 0 saturated heterocycles. The molecule has 0 aliphatic heterocycles. The third kappa shape index (κ3) is 4.28. The minimum Gasteiger partial charge on any atom is -0.293 e. The number of benzene rings is 1. The molecule has 0 atom stereocenters. The van der Waals surface area contributed by atoms with Gasteiger partial charge in [-0.1, -0.05) is 46.8 Å². The highest BCUT2D eigenvalue weighted by molar-refractivity contribution is 7.90. The number of sulfonamides is 1. The van der Waals surface area contributed by atoms with Crippen LogP contribution in [0, 0.1) is 0 Å². The van der Waals surface area contributed by atoms with Gasteiger partial charge in [0.05, 0.1) is 0 Å². The van der Waals surface area contributed by atoms with Crippen molar-refractivity contribution in [3.05, 3.63) is 35.9 Å². The molecule has 0 aliphatic rings. The molecule has 0 radical (unpaired) electrons. The van der Waals surface area contributed by atoms with Crippen LogP contribution in [0.2, 0.25) is 0 Å². The molecule has 1 aromatic rings. The van der Waals surface area contributed by atoms with Crippen LogP contribution in [0.4, 0.5) is 0 Å². The zero-order chi connectivity index (χ0) is 12.0. The fourth-order valence-electron chi connectivity index (χ4n) is 1.02. The van der Waals surface area contributed by atoms with Gasteiger partial charge in [0.2, 0.25) is 10.0 Å². The van der Waals surface area contributed by atoms with Gasteiger partial charge in [-0.2, -0.15) is 0 Å². The van der Waals surface area contributed by atoms with Gasteiger partial charge in [-0.15, -0.1) is 0 Å². The molecule has 1 N–H and O–H groups in total. The summed E-state index contributed by atoms with van der Waals surface area (Å²) >= 11 is 5.13. The number of carbonyl (C=O) groups is 1. The quantitative estimate of drug-likeness (QED) is 0.471. The maximum absolute atomic E-state index is 11.5. The van der Waals surface area contributed by atoms with Crippen molar-refractivity contribution in [3.63, 3.8) is 0 Å². The van der Waals surface area contributed by atoms with E-state index in [1.807, 2.05) is 0 Å². The van der Waals surface area contributed by atoms with E-state index in [1.165, 1.54) is 0 Å². The van der Waals surface area contributed by atoms with Crippen molar-refractivity contribution in [1.82, 2.24) is 4.89 Å². The van der Waals surface area contributed by atoms with Crippen molar-refractivity contribution in [2.45, 2.75) is 0 Å². The first-order chi connectivity index (χ1) is 7.55. The minimum atomic E-state index is -3.80. The van der Waals surface area contributed by atoms with Crippen LogP contribution < -0.4 is 4.89 Å². The minimum absolute atomic E-state index is 0.321. The van der Waals surface area contributed by atoms with Crippen molar-refractivity contribution < 1.29 is 18.0 Å². The van der Waals surface area contributed by atoms with E-state index in [9.17, 15) is 13.2 Å². The van der Waals surface area contributed by atoms with E-state index in [4.69, 9.17) is 11.6 Å². The number of halogens is 1. The largest absolute Gasteiger partial charge is 0.293 e. The maximum Gasteiger partial charge on any atom is 0.241 e. The topological polar surface area (TPSA) is 72.5 Å². The Morgan fingerprint density at radius 2 is 1.94 bits per heavy atom. The van der Waals surface area contributed by atoms with E-state index in [0.717, 1.165) is 0 Å². The molecule has 0 aromatic heterocycles. The summed E-state index contributed by atoms with van der Waals surface area (Å²) in [5, 5.41) is 0. The van der Waals surface area contributed by atoms with Crippen molar-refractivity contribution in [1.29, 1.82) is 0 Å². The third-order valence-corrected chi connectivity index (χ3v) is 2.78. The van der Waals surface area contributed by atoms with E-state index in [1.54, 1.807) is 35.2 Å². The molecule has 7 heteroatoms. The second kappa shape index (κ2) is 5.95. The van der Waals surface area contributed by atoms with Crippen molar-refractivity contribution >= 4 is 27.4 Å². The molecule has 16 heavy (non-hydrogen) atoms. The Balaban J connectivity index is 2.65. The van der Waals surface area contributed by atoms with E-state index in [2.05, 4.69) is 4.84 Å². The summed E-state index contributed by atoms with van der Waals surface area (Å²) in [7, 11) is -3.80. The fraction of sp³-hybridized carbons (Fsp3) is 0.222. The summed E-state index contributed by atoms with van der Waals surface area (Å²) < 4.78 is 22.5. The number of nitrogens with one attached hydrogen (secondary N) is 1. The lowest BCUT2D eigenvalue weighted by molar-refractivity contribution is 0.101. The third-order valence-electron chi connectivity index (χ3n) is 1.66. The lowest BCUT2D eigenvalue weighted by Crippen LogP contribution is -2.30. The fourth-order valence-corrected chi connectivity index (χ4v) is 1.95. The van der Waals surface area contributed by atoms with Crippen molar-refractivity contribution in [2.75, 3.05) is 11.8 Å². The second-order valence-corrected chi connectivity index (χ2v) is 4.79. The SMILES string of the molecule is O=C(CS(=O)(=O)NOCCl)c1ccccc1. The Morgan fingerprint density at radius 1 is 1.31 bits per heavy atom.